The normalized spacial score (nSPS) is 10.1. The van der Waals surface area contributed by atoms with E-state index < -0.39 is 5.91 Å². The van der Waals surface area contributed by atoms with Gasteiger partial charge in [-0.05, 0) is 38.1 Å². The second-order valence-electron chi connectivity index (χ2n) is 5.89. The van der Waals surface area contributed by atoms with Gasteiger partial charge in [0, 0.05) is 17.3 Å². The zero-order chi connectivity index (χ0) is 19.1. The molecule has 0 fully saturated rings. The van der Waals surface area contributed by atoms with Crippen LogP contribution in [0.15, 0.2) is 42.5 Å². The van der Waals surface area contributed by atoms with E-state index in [2.05, 4.69) is 10.6 Å². The fourth-order valence-corrected chi connectivity index (χ4v) is 2.39. The number of benzene rings is 2. The molecular weight excluding hydrogens is 334 g/mol. The van der Waals surface area contributed by atoms with E-state index >= 15 is 0 Å². The second kappa shape index (κ2) is 8.66. The fraction of sp³-hybridized carbons (Fsp3) is 0.211. The minimum Gasteiger partial charge on any atom is -0.484 e. The number of hydrogen-bond acceptors (Lipinski definition) is 4. The quantitative estimate of drug-likeness (QED) is 0.699. The summed E-state index contributed by atoms with van der Waals surface area (Å²) in [6.45, 7) is 3.40. The number of rotatable bonds is 7. The van der Waals surface area contributed by atoms with Crippen LogP contribution < -0.4 is 21.1 Å². The molecule has 2 rings (SSSR count). The van der Waals surface area contributed by atoms with E-state index in [1.54, 1.807) is 36.4 Å². The molecule has 0 saturated heterocycles. The minimum atomic E-state index is -0.589. The first-order chi connectivity index (χ1) is 12.3. The molecule has 0 aliphatic heterocycles. The smallest absolute Gasteiger partial charge is 0.255 e. The first kappa shape index (κ1) is 19.0. The average molecular weight is 355 g/mol. The third-order valence-electron chi connectivity index (χ3n) is 3.39. The summed E-state index contributed by atoms with van der Waals surface area (Å²) in [6, 6.07) is 12.0. The van der Waals surface area contributed by atoms with E-state index in [1.807, 2.05) is 19.9 Å². The summed E-state index contributed by atoms with van der Waals surface area (Å²) in [6.07, 6.45) is 0. The van der Waals surface area contributed by atoms with Crippen molar-refractivity contribution >= 4 is 23.4 Å². The van der Waals surface area contributed by atoms with Gasteiger partial charge in [0.1, 0.15) is 5.75 Å². The largest absolute Gasteiger partial charge is 0.484 e. The highest BCUT2D eigenvalue weighted by Crippen LogP contribution is 2.17. The van der Waals surface area contributed by atoms with E-state index in [4.69, 9.17) is 10.5 Å². The van der Waals surface area contributed by atoms with E-state index in [0.29, 0.717) is 17.0 Å². The molecule has 2 aromatic carbocycles. The molecule has 0 radical (unpaired) electrons. The van der Waals surface area contributed by atoms with Crippen molar-refractivity contribution in [2.45, 2.75) is 13.8 Å². The zero-order valence-electron chi connectivity index (χ0n) is 14.7. The van der Waals surface area contributed by atoms with Gasteiger partial charge >= 0.3 is 0 Å². The van der Waals surface area contributed by atoms with E-state index in [9.17, 15) is 14.4 Å². The average Bonchev–Trinajstić information content (AvgIpc) is 2.57. The van der Waals surface area contributed by atoms with Crippen molar-refractivity contribution in [3.8, 4) is 5.75 Å². The van der Waals surface area contributed by atoms with Gasteiger partial charge in [-0.15, -0.1) is 0 Å². The summed E-state index contributed by atoms with van der Waals surface area (Å²) in [4.78, 5) is 34.9. The molecule has 0 unspecified atom stereocenters. The lowest BCUT2D eigenvalue weighted by Gasteiger charge is -2.09. The van der Waals surface area contributed by atoms with Gasteiger partial charge in [0.15, 0.2) is 6.61 Å². The first-order valence-corrected chi connectivity index (χ1v) is 8.01. The number of aryl methyl sites for hydroxylation is 2. The van der Waals surface area contributed by atoms with Crippen LogP contribution in [0.3, 0.4) is 0 Å². The Hall–Kier alpha value is -3.35. The Kier molecular flexibility index (Phi) is 6.32. The molecule has 0 atom stereocenters. The summed E-state index contributed by atoms with van der Waals surface area (Å²) in [5, 5.41) is 5.23. The van der Waals surface area contributed by atoms with Crippen LogP contribution in [-0.4, -0.2) is 30.9 Å². The van der Waals surface area contributed by atoms with Gasteiger partial charge in [-0.1, -0.05) is 23.3 Å². The molecule has 136 valence electrons. The number of carbonyl (C=O) groups is 3. The second-order valence-corrected chi connectivity index (χ2v) is 5.89. The Morgan fingerprint density at radius 3 is 2.38 bits per heavy atom. The minimum absolute atomic E-state index is 0.168. The van der Waals surface area contributed by atoms with Crippen molar-refractivity contribution in [1.29, 1.82) is 0 Å². The molecule has 3 amide bonds. The van der Waals surface area contributed by atoms with E-state index in [1.165, 1.54) is 0 Å². The number of amides is 3. The summed E-state index contributed by atoms with van der Waals surface area (Å²) < 4.78 is 5.17. The van der Waals surface area contributed by atoms with Crippen molar-refractivity contribution < 1.29 is 19.1 Å². The van der Waals surface area contributed by atoms with Crippen LogP contribution in [0.1, 0.15) is 21.5 Å². The van der Waals surface area contributed by atoms with Crippen LogP contribution in [0, 0.1) is 13.8 Å². The molecule has 0 saturated carbocycles. The SMILES string of the molecule is Cc1cc(C)cc(C(=O)NCC(=O)Nc2cccc(OCC(N)=O)c2)c1. The molecule has 7 heteroatoms. The first-order valence-electron chi connectivity index (χ1n) is 8.01. The van der Waals surface area contributed by atoms with Crippen molar-refractivity contribution in [2.24, 2.45) is 5.73 Å². The van der Waals surface area contributed by atoms with Crippen LogP contribution in [0.4, 0.5) is 5.69 Å². The molecule has 4 N–H and O–H groups in total. The Morgan fingerprint density at radius 2 is 1.73 bits per heavy atom. The molecule has 0 aromatic heterocycles. The molecule has 0 heterocycles. The van der Waals surface area contributed by atoms with Crippen LogP contribution >= 0.6 is 0 Å². The summed E-state index contributed by atoms with van der Waals surface area (Å²) in [7, 11) is 0. The Balaban J connectivity index is 1.89. The molecule has 7 nitrogen and oxygen atoms in total. The lowest BCUT2D eigenvalue weighted by molar-refractivity contribution is -0.120. The Morgan fingerprint density at radius 1 is 1.04 bits per heavy atom. The zero-order valence-corrected chi connectivity index (χ0v) is 14.7. The van der Waals surface area contributed by atoms with Gasteiger partial charge < -0.3 is 21.1 Å². The molecular formula is C19H21N3O4. The number of nitrogens with two attached hydrogens (primary N) is 1. The fourth-order valence-electron chi connectivity index (χ4n) is 2.39. The summed E-state index contributed by atoms with van der Waals surface area (Å²) in [5.41, 5.74) is 7.97. The van der Waals surface area contributed by atoms with Gasteiger partial charge in [0.25, 0.3) is 11.8 Å². The van der Waals surface area contributed by atoms with Gasteiger partial charge in [-0.25, -0.2) is 0 Å². The maximum Gasteiger partial charge on any atom is 0.255 e. The van der Waals surface area contributed by atoms with Crippen molar-refractivity contribution in [1.82, 2.24) is 5.32 Å². The van der Waals surface area contributed by atoms with Gasteiger partial charge in [0.2, 0.25) is 5.91 Å². The predicted octanol–water partition coefficient (Wildman–Crippen LogP) is 1.54. The Bertz CT molecular complexity index is 813. The van der Waals surface area contributed by atoms with Crippen molar-refractivity contribution in [2.75, 3.05) is 18.5 Å². The number of ether oxygens (including phenoxy) is 1. The molecule has 0 aliphatic rings. The predicted molar refractivity (Wildman–Crippen MR) is 98.0 cm³/mol. The van der Waals surface area contributed by atoms with Crippen LogP contribution in [-0.2, 0) is 9.59 Å². The molecule has 0 aliphatic carbocycles. The van der Waals surface area contributed by atoms with E-state index in [-0.39, 0.29) is 25.0 Å². The van der Waals surface area contributed by atoms with Crippen LogP contribution in [0.25, 0.3) is 0 Å². The lowest BCUT2D eigenvalue weighted by atomic mass is 10.1. The summed E-state index contributed by atoms with van der Waals surface area (Å²) in [5.74, 6) is -0.880. The highest BCUT2D eigenvalue weighted by atomic mass is 16.5. The van der Waals surface area contributed by atoms with Crippen LogP contribution in [0.2, 0.25) is 0 Å². The standard InChI is InChI=1S/C19H21N3O4/c1-12-6-13(2)8-14(7-12)19(25)21-10-18(24)22-15-4-3-5-16(9-15)26-11-17(20)23/h3-9H,10-11H2,1-2H3,(H2,20,23)(H,21,25)(H,22,24). The molecule has 0 bridgehead atoms. The van der Waals surface area contributed by atoms with Crippen LogP contribution in [0.5, 0.6) is 5.75 Å². The lowest BCUT2D eigenvalue weighted by Crippen LogP contribution is -2.32. The molecule has 0 spiro atoms. The van der Waals surface area contributed by atoms with Gasteiger partial charge in [-0.3, -0.25) is 14.4 Å². The highest BCUT2D eigenvalue weighted by molar-refractivity contribution is 5.99. The van der Waals surface area contributed by atoms with E-state index in [0.717, 1.165) is 11.1 Å². The molecule has 26 heavy (non-hydrogen) atoms. The third kappa shape index (κ3) is 5.94. The molecule has 2 aromatic rings. The number of nitrogens with one attached hydrogen (secondary N) is 2. The monoisotopic (exact) mass is 355 g/mol. The summed E-state index contributed by atoms with van der Waals surface area (Å²) >= 11 is 0. The number of primary amides is 1. The highest BCUT2D eigenvalue weighted by Gasteiger charge is 2.10. The van der Waals surface area contributed by atoms with Crippen molar-refractivity contribution in [3.63, 3.8) is 0 Å². The Labute approximate surface area is 151 Å². The number of hydrogen-bond donors (Lipinski definition) is 3. The van der Waals surface area contributed by atoms with Gasteiger partial charge in [-0.2, -0.15) is 0 Å². The third-order valence-corrected chi connectivity index (χ3v) is 3.39. The number of carbonyl (C=O) groups excluding carboxylic acids is 3. The number of anilines is 1. The maximum absolute atomic E-state index is 12.2. The topological polar surface area (TPSA) is 111 Å². The maximum atomic E-state index is 12.2. The van der Waals surface area contributed by atoms with Gasteiger partial charge in [0.05, 0.1) is 6.54 Å². The van der Waals surface area contributed by atoms with Crippen molar-refractivity contribution in [3.05, 3.63) is 59.2 Å².